The standard InChI is InChI=1S/C24H28N2O5/c1-15-9-11-19-21(26(15)24(29)31-3)12-10-17(22(19)25)13-18(27)14-20(23(28)30-2)16-7-5-4-6-8-16/h4-8,10,12,15,20H,9,11,13-14,25H2,1-3H3/t15-,20?/m0/s1. The molecule has 1 unspecified atom stereocenters. The van der Waals surface area contributed by atoms with E-state index < -0.39 is 18.0 Å². The van der Waals surface area contributed by atoms with Crippen molar-refractivity contribution in [2.24, 2.45) is 0 Å². The van der Waals surface area contributed by atoms with Crippen molar-refractivity contribution >= 4 is 29.2 Å². The SMILES string of the molecule is COC(=O)C(CC(=O)Cc1ccc2c(c1N)CC[C@H](C)N2C(=O)OC)c1ccccc1. The Kier molecular flexibility index (Phi) is 6.95. The minimum atomic E-state index is -0.659. The average molecular weight is 424 g/mol. The van der Waals surface area contributed by atoms with Crippen LogP contribution < -0.4 is 10.6 Å². The van der Waals surface area contributed by atoms with Crippen LogP contribution in [0.4, 0.5) is 16.2 Å². The molecule has 164 valence electrons. The summed E-state index contributed by atoms with van der Waals surface area (Å²) in [6.07, 6.45) is 1.17. The zero-order valence-corrected chi connectivity index (χ0v) is 18.1. The number of amides is 1. The average Bonchev–Trinajstić information content (AvgIpc) is 2.78. The number of nitrogens with two attached hydrogens (primary N) is 1. The summed E-state index contributed by atoms with van der Waals surface area (Å²) in [5.41, 5.74) is 9.92. The number of esters is 1. The van der Waals surface area contributed by atoms with Crippen LogP contribution in [0.15, 0.2) is 42.5 Å². The summed E-state index contributed by atoms with van der Waals surface area (Å²) in [6.45, 7) is 1.96. The second-order valence-electron chi connectivity index (χ2n) is 7.77. The van der Waals surface area contributed by atoms with Crippen LogP contribution in [0.3, 0.4) is 0 Å². The van der Waals surface area contributed by atoms with E-state index >= 15 is 0 Å². The fourth-order valence-electron chi connectivity index (χ4n) is 4.12. The summed E-state index contributed by atoms with van der Waals surface area (Å²) < 4.78 is 9.82. The summed E-state index contributed by atoms with van der Waals surface area (Å²) in [5.74, 6) is -1.21. The molecule has 1 heterocycles. The van der Waals surface area contributed by atoms with Crippen molar-refractivity contribution in [2.75, 3.05) is 24.9 Å². The molecule has 0 aromatic heterocycles. The molecule has 0 bridgehead atoms. The summed E-state index contributed by atoms with van der Waals surface area (Å²) in [7, 11) is 2.67. The fraction of sp³-hybridized carbons (Fsp3) is 0.375. The molecule has 31 heavy (non-hydrogen) atoms. The molecule has 1 aliphatic rings. The quantitative estimate of drug-likeness (QED) is 0.562. The van der Waals surface area contributed by atoms with Gasteiger partial charge in [-0.25, -0.2) is 4.79 Å². The Hall–Kier alpha value is -3.35. The van der Waals surface area contributed by atoms with Crippen LogP contribution in [0.5, 0.6) is 0 Å². The lowest BCUT2D eigenvalue weighted by Crippen LogP contribution is -2.42. The molecule has 0 fully saturated rings. The number of anilines is 2. The topological polar surface area (TPSA) is 98.9 Å². The van der Waals surface area contributed by atoms with Crippen molar-refractivity contribution in [3.8, 4) is 0 Å². The number of Topliss-reactive ketones (excluding diaryl/α,β-unsaturated/α-hetero) is 1. The Morgan fingerprint density at radius 3 is 2.45 bits per heavy atom. The monoisotopic (exact) mass is 424 g/mol. The number of fused-ring (bicyclic) bond motifs is 1. The van der Waals surface area contributed by atoms with Crippen LogP contribution in [0, 0.1) is 0 Å². The van der Waals surface area contributed by atoms with Crippen molar-refractivity contribution < 1.29 is 23.9 Å². The lowest BCUT2D eigenvalue weighted by molar-refractivity contribution is -0.143. The number of carbonyl (C=O) groups excluding carboxylic acids is 3. The van der Waals surface area contributed by atoms with E-state index in [1.807, 2.05) is 43.3 Å². The van der Waals surface area contributed by atoms with Gasteiger partial charge in [0.05, 0.1) is 25.8 Å². The molecule has 1 amide bonds. The van der Waals surface area contributed by atoms with Crippen molar-refractivity contribution in [3.05, 3.63) is 59.2 Å². The first kappa shape index (κ1) is 22.3. The molecule has 1 aliphatic heterocycles. The smallest absolute Gasteiger partial charge is 0.414 e. The Morgan fingerprint density at radius 2 is 1.81 bits per heavy atom. The Balaban J connectivity index is 1.82. The first-order chi connectivity index (χ1) is 14.9. The van der Waals surface area contributed by atoms with Gasteiger partial charge in [-0.1, -0.05) is 36.4 Å². The normalized spacial score (nSPS) is 16.2. The number of nitrogens with zero attached hydrogens (tertiary/aromatic N) is 1. The van der Waals surface area contributed by atoms with Crippen LogP contribution in [0.2, 0.25) is 0 Å². The zero-order chi connectivity index (χ0) is 22.5. The maximum Gasteiger partial charge on any atom is 0.414 e. The van der Waals surface area contributed by atoms with E-state index in [1.165, 1.54) is 14.2 Å². The van der Waals surface area contributed by atoms with Gasteiger partial charge in [0.25, 0.3) is 0 Å². The Labute approximate surface area is 182 Å². The van der Waals surface area contributed by atoms with Gasteiger partial charge in [0.1, 0.15) is 5.78 Å². The third-order valence-corrected chi connectivity index (χ3v) is 5.81. The molecule has 7 nitrogen and oxygen atoms in total. The van der Waals surface area contributed by atoms with Gasteiger partial charge in [-0.3, -0.25) is 14.5 Å². The number of ether oxygens (including phenoxy) is 2. The molecule has 3 rings (SSSR count). The van der Waals surface area contributed by atoms with Gasteiger partial charge < -0.3 is 15.2 Å². The highest BCUT2D eigenvalue weighted by Crippen LogP contribution is 2.37. The van der Waals surface area contributed by atoms with Gasteiger partial charge in [0.2, 0.25) is 0 Å². The molecule has 0 spiro atoms. The predicted molar refractivity (Wildman–Crippen MR) is 118 cm³/mol. The van der Waals surface area contributed by atoms with E-state index in [4.69, 9.17) is 15.2 Å². The van der Waals surface area contributed by atoms with E-state index in [2.05, 4.69) is 0 Å². The minimum absolute atomic E-state index is 0.00137. The zero-order valence-electron chi connectivity index (χ0n) is 18.1. The first-order valence-corrected chi connectivity index (χ1v) is 10.3. The number of rotatable bonds is 6. The van der Waals surface area contributed by atoms with E-state index in [-0.39, 0.29) is 24.7 Å². The van der Waals surface area contributed by atoms with Gasteiger partial charge in [-0.05, 0) is 42.5 Å². The van der Waals surface area contributed by atoms with E-state index in [9.17, 15) is 14.4 Å². The van der Waals surface area contributed by atoms with E-state index in [0.29, 0.717) is 17.7 Å². The number of carbonyl (C=O) groups is 3. The van der Waals surface area contributed by atoms with Crippen molar-refractivity contribution in [3.63, 3.8) is 0 Å². The van der Waals surface area contributed by atoms with Crippen LogP contribution >= 0.6 is 0 Å². The summed E-state index contributed by atoms with van der Waals surface area (Å²) in [4.78, 5) is 39.0. The van der Waals surface area contributed by atoms with Crippen LogP contribution in [0.1, 0.15) is 42.4 Å². The molecular weight excluding hydrogens is 396 g/mol. The van der Waals surface area contributed by atoms with Gasteiger partial charge in [-0.15, -0.1) is 0 Å². The number of methoxy groups -OCH3 is 2. The lowest BCUT2D eigenvalue weighted by Gasteiger charge is -2.35. The van der Waals surface area contributed by atoms with Gasteiger partial charge in [0.15, 0.2) is 0 Å². The highest BCUT2D eigenvalue weighted by molar-refractivity contribution is 5.93. The second kappa shape index (κ2) is 9.64. The number of benzene rings is 2. The molecule has 0 saturated carbocycles. The Bertz CT molecular complexity index is 973. The highest BCUT2D eigenvalue weighted by atomic mass is 16.5. The van der Waals surface area contributed by atoms with Gasteiger partial charge >= 0.3 is 12.1 Å². The summed E-state index contributed by atoms with van der Waals surface area (Å²) in [6, 6.07) is 12.7. The third kappa shape index (κ3) is 4.71. The van der Waals surface area contributed by atoms with Gasteiger partial charge in [-0.2, -0.15) is 0 Å². The molecule has 0 radical (unpaired) electrons. The predicted octanol–water partition coefficient (Wildman–Crippen LogP) is 3.63. The molecule has 2 aromatic carbocycles. The van der Waals surface area contributed by atoms with Gasteiger partial charge in [0, 0.05) is 24.6 Å². The molecule has 2 N–H and O–H groups in total. The molecule has 0 saturated heterocycles. The van der Waals surface area contributed by atoms with Crippen molar-refractivity contribution in [1.82, 2.24) is 0 Å². The summed E-state index contributed by atoms with van der Waals surface area (Å²) in [5, 5.41) is 0. The van der Waals surface area contributed by atoms with E-state index in [0.717, 1.165) is 23.2 Å². The van der Waals surface area contributed by atoms with Crippen LogP contribution in [-0.4, -0.2) is 38.1 Å². The maximum absolute atomic E-state index is 12.9. The minimum Gasteiger partial charge on any atom is -0.469 e. The number of ketones is 1. The Morgan fingerprint density at radius 1 is 1.10 bits per heavy atom. The number of hydrogen-bond donors (Lipinski definition) is 1. The number of nitrogen functional groups attached to an aromatic ring is 1. The second-order valence-corrected chi connectivity index (χ2v) is 7.77. The molecule has 0 aliphatic carbocycles. The number of hydrogen-bond acceptors (Lipinski definition) is 6. The van der Waals surface area contributed by atoms with E-state index in [1.54, 1.807) is 11.0 Å². The molecule has 2 aromatic rings. The van der Waals surface area contributed by atoms with Crippen LogP contribution in [-0.2, 0) is 31.9 Å². The first-order valence-electron chi connectivity index (χ1n) is 10.3. The molecule has 2 atom stereocenters. The highest BCUT2D eigenvalue weighted by Gasteiger charge is 2.31. The maximum atomic E-state index is 12.9. The lowest BCUT2D eigenvalue weighted by atomic mass is 9.89. The fourth-order valence-corrected chi connectivity index (χ4v) is 4.12. The third-order valence-electron chi connectivity index (χ3n) is 5.81. The summed E-state index contributed by atoms with van der Waals surface area (Å²) >= 11 is 0. The van der Waals surface area contributed by atoms with Crippen LogP contribution in [0.25, 0.3) is 0 Å². The largest absolute Gasteiger partial charge is 0.469 e. The molecule has 7 heteroatoms. The van der Waals surface area contributed by atoms with Crippen molar-refractivity contribution in [2.45, 2.75) is 44.6 Å². The van der Waals surface area contributed by atoms with Crippen molar-refractivity contribution in [1.29, 1.82) is 0 Å². The molecular formula is C24H28N2O5.